The maximum Gasteiger partial charge on any atom is 0.328 e. The Hall–Kier alpha value is -2.78. The highest BCUT2D eigenvalue weighted by Crippen LogP contribution is 2.53. The number of hydrogen-bond acceptors (Lipinski definition) is 7. The lowest BCUT2D eigenvalue weighted by molar-refractivity contribution is -0.405. The second-order valence-electron chi connectivity index (χ2n) is 7.23. The smallest absolute Gasteiger partial charge is 0.328 e. The summed E-state index contributed by atoms with van der Waals surface area (Å²) in [6, 6.07) is 0.633. The van der Waals surface area contributed by atoms with Crippen LogP contribution >= 0.6 is 0 Å². The second-order valence-corrected chi connectivity index (χ2v) is 7.23. The number of benzene rings is 1. The molecule has 1 saturated carbocycles. The molecule has 2 rings (SSSR count). The van der Waals surface area contributed by atoms with Crippen LogP contribution in [0.4, 0.5) is 17.1 Å². The Morgan fingerprint density at radius 3 is 2.08 bits per heavy atom. The van der Waals surface area contributed by atoms with E-state index < -0.39 is 43.5 Å². The summed E-state index contributed by atoms with van der Waals surface area (Å²) in [5.74, 6) is -1.38. The van der Waals surface area contributed by atoms with Gasteiger partial charge in [-0.25, -0.2) is 0 Å². The molecule has 0 spiro atoms. The highest BCUT2D eigenvalue weighted by Gasteiger charge is 2.44. The molecule has 3 atom stereocenters. The van der Waals surface area contributed by atoms with Gasteiger partial charge in [0.2, 0.25) is 0 Å². The van der Waals surface area contributed by atoms with Gasteiger partial charge < -0.3 is 5.11 Å². The number of nitrogens with zero attached hydrogens (tertiary/aromatic N) is 3. The number of phenolic OH excluding ortho intramolecular Hbond substituents is 1. The van der Waals surface area contributed by atoms with E-state index in [-0.39, 0.29) is 23.3 Å². The van der Waals surface area contributed by atoms with Crippen LogP contribution in [0, 0.1) is 48.1 Å². The summed E-state index contributed by atoms with van der Waals surface area (Å²) in [7, 11) is 0. The molecule has 0 amide bonds. The molecule has 0 saturated heterocycles. The van der Waals surface area contributed by atoms with Crippen LogP contribution < -0.4 is 0 Å². The minimum Gasteiger partial charge on any atom is -0.497 e. The lowest BCUT2D eigenvalue weighted by Gasteiger charge is -2.37. The zero-order valence-electron chi connectivity index (χ0n) is 14.7. The highest BCUT2D eigenvalue weighted by atomic mass is 16.6. The zero-order chi connectivity index (χ0) is 19.8. The van der Waals surface area contributed by atoms with Gasteiger partial charge in [-0.05, 0) is 30.6 Å². The predicted molar refractivity (Wildman–Crippen MR) is 92.2 cm³/mol. The summed E-state index contributed by atoms with van der Waals surface area (Å²) in [4.78, 5) is 31.4. The van der Waals surface area contributed by atoms with E-state index in [1.54, 1.807) is 0 Å². The van der Waals surface area contributed by atoms with Crippen LogP contribution in [-0.2, 0) is 0 Å². The molecule has 1 aromatic rings. The van der Waals surface area contributed by atoms with Crippen molar-refractivity contribution < 1.29 is 19.9 Å². The summed E-state index contributed by atoms with van der Waals surface area (Å²) in [5, 5.41) is 44.4. The fourth-order valence-corrected chi connectivity index (χ4v) is 4.02. The molecule has 3 unspecified atom stereocenters. The van der Waals surface area contributed by atoms with Crippen molar-refractivity contribution in [3.63, 3.8) is 0 Å². The SMILES string of the molecule is CC1CCC(C(C)C)C(c2c([N+](=O)[O-])cc([N+](=O)[O-])c(O)c2[N+](=O)[O-])C1. The van der Waals surface area contributed by atoms with Crippen molar-refractivity contribution in [3.8, 4) is 5.75 Å². The van der Waals surface area contributed by atoms with Crippen molar-refractivity contribution in [2.75, 3.05) is 0 Å². The molecule has 1 aromatic carbocycles. The minimum atomic E-state index is -1.12. The van der Waals surface area contributed by atoms with Gasteiger partial charge in [0.05, 0.1) is 20.8 Å². The maximum atomic E-state index is 11.6. The summed E-state index contributed by atoms with van der Waals surface area (Å²) in [6.07, 6.45) is 2.14. The molecule has 26 heavy (non-hydrogen) atoms. The Morgan fingerprint density at radius 1 is 1.04 bits per heavy atom. The Bertz CT molecular complexity index is 763. The third kappa shape index (κ3) is 3.44. The van der Waals surface area contributed by atoms with Crippen molar-refractivity contribution >= 4 is 17.1 Å². The molecule has 10 heteroatoms. The molecule has 142 valence electrons. The van der Waals surface area contributed by atoms with Crippen molar-refractivity contribution in [2.24, 2.45) is 17.8 Å². The molecule has 0 bridgehead atoms. The van der Waals surface area contributed by atoms with Crippen LogP contribution in [0.2, 0.25) is 0 Å². The van der Waals surface area contributed by atoms with Gasteiger partial charge in [0.25, 0.3) is 11.4 Å². The molecule has 10 nitrogen and oxygen atoms in total. The van der Waals surface area contributed by atoms with E-state index in [1.165, 1.54) is 0 Å². The first-order valence-corrected chi connectivity index (χ1v) is 8.39. The molecular weight excluding hydrogens is 346 g/mol. The number of hydrogen-bond donors (Lipinski definition) is 1. The van der Waals surface area contributed by atoms with Crippen LogP contribution in [0.15, 0.2) is 6.07 Å². The Balaban J connectivity index is 2.83. The first kappa shape index (κ1) is 19.5. The van der Waals surface area contributed by atoms with Crippen molar-refractivity contribution in [1.82, 2.24) is 0 Å². The number of nitro benzene ring substituents is 3. The fourth-order valence-electron chi connectivity index (χ4n) is 4.02. The molecule has 0 aliphatic heterocycles. The number of aromatic hydroxyl groups is 1. The first-order chi connectivity index (χ1) is 12.1. The van der Waals surface area contributed by atoms with Crippen molar-refractivity contribution in [2.45, 2.75) is 46.0 Å². The Labute approximate surface area is 149 Å². The molecule has 0 aromatic heterocycles. The predicted octanol–water partition coefficient (Wildman–Crippen LogP) is 4.29. The molecule has 1 aliphatic carbocycles. The number of nitro groups is 3. The van der Waals surface area contributed by atoms with Crippen LogP contribution in [0.1, 0.15) is 51.5 Å². The fraction of sp³-hybridized carbons (Fsp3) is 0.625. The van der Waals surface area contributed by atoms with Gasteiger partial charge in [-0.3, -0.25) is 30.3 Å². The Kier molecular flexibility index (Phi) is 5.43. The monoisotopic (exact) mass is 367 g/mol. The molecular formula is C16H21N3O7. The third-order valence-corrected chi connectivity index (χ3v) is 5.24. The molecule has 1 aliphatic rings. The van der Waals surface area contributed by atoms with Gasteiger partial charge in [0.1, 0.15) is 5.56 Å². The normalized spacial score (nSPS) is 23.0. The standard InChI is InChI=1S/C16H21N3O7/c1-8(2)10-5-4-9(3)6-11(10)14-12(17(21)22)7-13(18(23)24)16(20)15(14)19(25)26/h7-11,20H,4-6H2,1-3H3. The largest absolute Gasteiger partial charge is 0.497 e. The summed E-state index contributed by atoms with van der Waals surface area (Å²) in [5.41, 5.74) is -2.83. The lowest BCUT2D eigenvalue weighted by atomic mass is 9.67. The minimum absolute atomic E-state index is 0.0514. The van der Waals surface area contributed by atoms with Crippen molar-refractivity contribution in [1.29, 1.82) is 0 Å². The lowest BCUT2D eigenvalue weighted by Crippen LogP contribution is -2.27. The van der Waals surface area contributed by atoms with E-state index in [1.807, 2.05) is 20.8 Å². The molecule has 1 fully saturated rings. The van der Waals surface area contributed by atoms with Gasteiger partial charge in [-0.1, -0.05) is 27.2 Å². The summed E-state index contributed by atoms with van der Waals surface area (Å²) in [6.45, 7) is 5.85. The highest BCUT2D eigenvalue weighted by molar-refractivity contribution is 5.71. The average Bonchev–Trinajstić information content (AvgIpc) is 2.52. The van der Waals surface area contributed by atoms with Crippen LogP contribution in [-0.4, -0.2) is 19.9 Å². The summed E-state index contributed by atoms with van der Waals surface area (Å²) < 4.78 is 0. The van der Waals surface area contributed by atoms with Gasteiger partial charge in [-0.2, -0.15) is 0 Å². The van der Waals surface area contributed by atoms with E-state index in [2.05, 4.69) is 0 Å². The first-order valence-electron chi connectivity index (χ1n) is 8.39. The van der Waals surface area contributed by atoms with Gasteiger partial charge in [0, 0.05) is 5.92 Å². The Morgan fingerprint density at radius 2 is 1.62 bits per heavy atom. The topological polar surface area (TPSA) is 150 Å². The van der Waals surface area contributed by atoms with E-state index >= 15 is 0 Å². The van der Waals surface area contributed by atoms with Crippen LogP contribution in [0.25, 0.3) is 0 Å². The van der Waals surface area contributed by atoms with Crippen LogP contribution in [0.5, 0.6) is 5.75 Å². The van der Waals surface area contributed by atoms with Gasteiger partial charge in [-0.15, -0.1) is 0 Å². The number of phenols is 1. The van der Waals surface area contributed by atoms with Crippen molar-refractivity contribution in [3.05, 3.63) is 42.0 Å². The van der Waals surface area contributed by atoms with Crippen LogP contribution in [0.3, 0.4) is 0 Å². The van der Waals surface area contributed by atoms with E-state index in [4.69, 9.17) is 0 Å². The van der Waals surface area contributed by atoms with E-state index in [0.29, 0.717) is 12.5 Å². The molecule has 1 N–H and O–H groups in total. The van der Waals surface area contributed by atoms with E-state index in [0.717, 1.165) is 12.8 Å². The maximum absolute atomic E-state index is 11.6. The average molecular weight is 367 g/mol. The van der Waals surface area contributed by atoms with Gasteiger partial charge in [0.15, 0.2) is 0 Å². The second kappa shape index (κ2) is 7.22. The number of rotatable bonds is 5. The molecule has 0 heterocycles. The quantitative estimate of drug-likeness (QED) is 0.602. The summed E-state index contributed by atoms with van der Waals surface area (Å²) >= 11 is 0. The zero-order valence-corrected chi connectivity index (χ0v) is 14.7. The van der Waals surface area contributed by atoms with Gasteiger partial charge >= 0.3 is 11.4 Å². The third-order valence-electron chi connectivity index (χ3n) is 5.24. The van der Waals surface area contributed by atoms with E-state index in [9.17, 15) is 35.4 Å². The molecule has 0 radical (unpaired) electrons.